The number of nitrogens with two attached hydrogens (primary N) is 3. The van der Waals surface area contributed by atoms with Crippen LogP contribution >= 0.6 is 0 Å². The number of esters is 2. The molecular weight excluding hydrogens is 1420 g/mol. The highest BCUT2D eigenvalue weighted by atomic mass is 19.1. The molecule has 0 saturated heterocycles. The lowest BCUT2D eigenvalue weighted by molar-refractivity contribution is -0.137. The Bertz CT molecular complexity index is 4520. The third-order valence-corrected chi connectivity index (χ3v) is 16.4. The number of amides is 5. The van der Waals surface area contributed by atoms with Gasteiger partial charge in [-0.3, -0.25) is 42.7 Å². The standard InChI is InChI=1S/C37H48N8O8.C24H33N7O3.C13H17NO6.CH3F/c1-42(2)12-9-11-39-35(48)30-17-25(22-45(30)5)41-36(49)29-14-23(20-43(29)3)15-31(46)28-16-24(21-44(28)4)40-34(47)10-8-13-53-33-19-27(38)26(37(50)52-7)18-32(33)51-6;1-28(2)8-6-7-26-23(33)21-12-18(15-31(21)5)27-24(34)20-9-16(13-29(20)3)10-22(32)19-11-17(25)14-30(19)4;1-18-10-6-8(13(17)19-2)9(14)7-11(10)20-5-3-4-12(15)16;1-2/h14,16-22H,8-13,15,38H2,1-7H3,(H,39,48)(H,40,47)(H,41,49);9,11-15H,6-8,10,25H2,1-5H3,(H,26,33)(H,27,34);6-7H,3-5,14H2,1-2H3,(H,15,16);1H3/i;;;1D. The molecule has 0 saturated carbocycles. The molecule has 0 aliphatic rings. The van der Waals surface area contributed by atoms with Crippen LogP contribution in [0.15, 0.2) is 97.8 Å². The van der Waals surface area contributed by atoms with Crippen LogP contribution in [0.3, 0.4) is 0 Å². The summed E-state index contributed by atoms with van der Waals surface area (Å²) in [5.41, 5.74) is 24.1. The van der Waals surface area contributed by atoms with Gasteiger partial charge in [-0.05, 0) is 114 Å². The smallest absolute Gasteiger partial charge is 0.340 e. The van der Waals surface area contributed by atoms with E-state index >= 15 is 0 Å². The number of hydrogen-bond acceptors (Lipinski definition) is 21. The molecular formula is C75H101FN16O17. The number of methoxy groups -OCH3 is 4. The number of hydrogen-bond donors (Lipinski definition) is 9. The molecule has 0 unspecified atom stereocenters. The van der Waals surface area contributed by atoms with Crippen LogP contribution in [0.25, 0.3) is 0 Å². The van der Waals surface area contributed by atoms with Crippen LogP contribution in [0.1, 0.15) is 135 Å². The van der Waals surface area contributed by atoms with E-state index in [1.807, 2.05) is 33.1 Å². The lowest BCUT2D eigenvalue weighted by atomic mass is 10.1. The molecule has 5 amide bonds. The van der Waals surface area contributed by atoms with Gasteiger partial charge >= 0.3 is 17.9 Å². The average molecular weight is 1520 g/mol. The summed E-state index contributed by atoms with van der Waals surface area (Å²) in [5, 5.41) is 22.8. The molecule has 34 heteroatoms. The van der Waals surface area contributed by atoms with Crippen LogP contribution in [-0.4, -0.2) is 204 Å². The van der Waals surface area contributed by atoms with E-state index in [0.29, 0.717) is 111 Å². The highest BCUT2D eigenvalue weighted by Gasteiger charge is 2.24. The molecule has 8 aromatic rings. The Hall–Kier alpha value is -12.3. The van der Waals surface area contributed by atoms with E-state index in [2.05, 4.69) is 36.2 Å². The van der Waals surface area contributed by atoms with Gasteiger partial charge in [0.15, 0.2) is 34.6 Å². The number of aryl methyl sites for hydroxylation is 6. The summed E-state index contributed by atoms with van der Waals surface area (Å²) in [6.45, 7) is 3.24. The molecule has 2 aromatic carbocycles. The highest BCUT2D eigenvalue weighted by Crippen LogP contribution is 2.34. The maximum Gasteiger partial charge on any atom is 0.340 e. The van der Waals surface area contributed by atoms with Gasteiger partial charge in [0.25, 0.3) is 23.6 Å². The SMILES string of the molecule is CN(C)CCCNC(=O)c1cc(NC(=O)c2cc(CC(=O)c3cc(N)cn3C)cn2C)cn1C.COC(=O)c1cc(OC)c(OCCCC(=O)Nc2cc(C(=O)Cc3cc(C(=O)Nc4cc(C(=O)NCCCN(C)C)n(C)c4)n(C)c3)n(C)c2)cc1N.COC(=O)c1cc(OC)c(OCCCC(=O)O)cc1N.[2H]CF. The van der Waals surface area contributed by atoms with Crippen molar-refractivity contribution < 1.29 is 87.2 Å². The zero-order valence-electron chi connectivity index (χ0n) is 65.0. The minimum atomic E-state index is -1.00. The number of carboxylic acid groups (broad SMARTS) is 1. The number of nitrogens with zero attached hydrogens (tertiary/aromatic N) is 8. The molecule has 0 atom stereocenters. The number of carbonyl (C=O) groups excluding carboxylic acids is 9. The third-order valence-electron chi connectivity index (χ3n) is 16.4. The molecule has 109 heavy (non-hydrogen) atoms. The number of aromatic nitrogens is 6. The second-order valence-corrected chi connectivity index (χ2v) is 25.6. The Kier molecular flexibility index (Phi) is 33.1. The second-order valence-electron chi connectivity index (χ2n) is 25.6. The number of carbonyl (C=O) groups is 10. The fraction of sp³-hybridized carbons (Fsp3) is 0.387. The van der Waals surface area contributed by atoms with Gasteiger partial charge in [-0.2, -0.15) is 0 Å². The van der Waals surface area contributed by atoms with Crippen molar-refractivity contribution in [3.8, 4) is 23.0 Å². The van der Waals surface area contributed by atoms with Gasteiger partial charge < -0.3 is 115 Å². The Labute approximate surface area is 633 Å². The van der Waals surface area contributed by atoms with Gasteiger partial charge in [0, 0.05) is 143 Å². The Morgan fingerprint density at radius 2 is 0.817 bits per heavy atom. The number of ketones is 2. The Balaban J connectivity index is 0.000000322. The van der Waals surface area contributed by atoms with Crippen LogP contribution in [0, 0.1) is 0 Å². The number of ether oxygens (including phenoxy) is 6. The molecule has 0 aliphatic carbocycles. The number of nitrogen functional groups attached to an aromatic ring is 3. The molecule has 590 valence electrons. The fourth-order valence-electron chi connectivity index (χ4n) is 11.0. The molecule has 0 spiro atoms. The number of alkyl halides is 1. The van der Waals surface area contributed by atoms with Crippen molar-refractivity contribution in [2.75, 3.05) is 136 Å². The van der Waals surface area contributed by atoms with Gasteiger partial charge in [0.05, 0.1) is 107 Å². The first-order valence-corrected chi connectivity index (χ1v) is 34.2. The minimum Gasteiger partial charge on any atom is -0.493 e. The molecule has 12 N–H and O–H groups in total. The van der Waals surface area contributed by atoms with Gasteiger partial charge in [-0.1, -0.05) is 0 Å². The summed E-state index contributed by atoms with van der Waals surface area (Å²) in [7, 11) is 22.7. The summed E-state index contributed by atoms with van der Waals surface area (Å²) < 4.78 is 56.4. The molecule has 6 heterocycles. The van der Waals surface area contributed by atoms with Crippen LogP contribution in [-0.2, 0) is 74.2 Å². The van der Waals surface area contributed by atoms with Crippen LogP contribution in [0.2, 0.25) is 0 Å². The molecule has 0 aliphatic heterocycles. The summed E-state index contributed by atoms with van der Waals surface area (Å²) >= 11 is 0. The zero-order valence-corrected chi connectivity index (χ0v) is 64.0. The van der Waals surface area contributed by atoms with Gasteiger partial charge in [-0.15, -0.1) is 0 Å². The molecule has 0 fully saturated rings. The number of anilines is 6. The number of benzene rings is 2. The van der Waals surface area contributed by atoms with Crippen molar-refractivity contribution in [1.29, 1.82) is 0 Å². The van der Waals surface area contributed by atoms with Gasteiger partial charge in [0.1, 0.15) is 22.8 Å². The van der Waals surface area contributed by atoms with E-state index in [0.717, 1.165) is 31.5 Å². The summed E-state index contributed by atoms with van der Waals surface area (Å²) in [6, 6.07) is 15.6. The maximum absolute atomic E-state index is 13.3. The third kappa shape index (κ3) is 26.0. The van der Waals surface area contributed by atoms with E-state index in [4.69, 9.17) is 47.4 Å². The number of halogens is 1. The number of carboxylic acids is 1. The van der Waals surface area contributed by atoms with Crippen molar-refractivity contribution in [2.45, 2.75) is 51.4 Å². The topological polar surface area (TPSA) is 421 Å². The van der Waals surface area contributed by atoms with Crippen molar-refractivity contribution in [2.24, 2.45) is 42.3 Å². The van der Waals surface area contributed by atoms with E-state index in [9.17, 15) is 52.3 Å². The van der Waals surface area contributed by atoms with Crippen molar-refractivity contribution in [3.63, 3.8) is 0 Å². The van der Waals surface area contributed by atoms with E-state index in [-0.39, 0.29) is 103 Å². The van der Waals surface area contributed by atoms with E-state index in [1.54, 1.807) is 143 Å². The van der Waals surface area contributed by atoms with Crippen LogP contribution in [0.4, 0.5) is 38.5 Å². The van der Waals surface area contributed by atoms with Crippen LogP contribution < -0.4 is 62.7 Å². The largest absolute Gasteiger partial charge is 0.493 e. The number of rotatable bonds is 35. The molecule has 33 nitrogen and oxygen atoms in total. The summed E-state index contributed by atoms with van der Waals surface area (Å²) in [4.78, 5) is 128. The number of aliphatic carboxylic acids is 1. The van der Waals surface area contributed by atoms with Crippen molar-refractivity contribution in [1.82, 2.24) is 47.8 Å². The second kappa shape index (κ2) is 42.1. The first kappa shape index (κ1) is 85.6. The lowest BCUT2D eigenvalue weighted by Crippen LogP contribution is -2.28. The monoisotopic (exact) mass is 1520 g/mol. The fourth-order valence-corrected chi connectivity index (χ4v) is 11.0. The average Bonchev–Trinajstić information content (AvgIpc) is 1.26. The summed E-state index contributed by atoms with van der Waals surface area (Å²) in [5.74, 6) is -2.43. The quantitative estimate of drug-likeness (QED) is 0.00855. The Morgan fingerprint density at radius 1 is 0.459 bits per heavy atom. The molecule has 8 rings (SSSR count). The normalized spacial score (nSPS) is 10.8. The van der Waals surface area contributed by atoms with E-state index in [1.165, 1.54) is 52.7 Å². The van der Waals surface area contributed by atoms with Gasteiger partial charge in [0.2, 0.25) is 5.91 Å². The first-order chi connectivity index (χ1) is 52.1. The number of nitrogens with one attached hydrogen (secondary N) is 5. The lowest BCUT2D eigenvalue weighted by Gasteiger charge is -2.13. The maximum atomic E-state index is 13.3. The zero-order chi connectivity index (χ0) is 81.6. The van der Waals surface area contributed by atoms with Crippen LogP contribution in [0.5, 0.6) is 23.0 Å². The number of Topliss-reactive ketones (excluding diaryl/α,β-unsaturated/α-hetero) is 2. The molecule has 6 aromatic heterocycles. The Morgan fingerprint density at radius 3 is 1.19 bits per heavy atom. The summed E-state index contributed by atoms with van der Waals surface area (Å²) in [6.07, 6.45) is 12.9. The highest BCUT2D eigenvalue weighted by molar-refractivity contribution is 6.06. The van der Waals surface area contributed by atoms with Crippen molar-refractivity contribution >= 4 is 93.1 Å². The van der Waals surface area contributed by atoms with Gasteiger partial charge in [-0.25, -0.2) is 9.59 Å². The predicted octanol–water partition coefficient (Wildman–Crippen LogP) is 6.77. The minimum absolute atomic E-state index is 0.0119. The molecule has 0 bridgehead atoms. The van der Waals surface area contributed by atoms with Crippen molar-refractivity contribution in [3.05, 3.63) is 154 Å². The van der Waals surface area contributed by atoms with E-state index < -0.39 is 25.1 Å². The predicted molar refractivity (Wildman–Crippen MR) is 410 cm³/mol. The molecule has 0 radical (unpaired) electrons. The first-order valence-electron chi connectivity index (χ1n) is 34.9.